The van der Waals surface area contributed by atoms with Crippen LogP contribution in [0.25, 0.3) is 5.78 Å². The van der Waals surface area contributed by atoms with E-state index < -0.39 is 0 Å². The number of hydrogen-bond acceptors (Lipinski definition) is 4. The quantitative estimate of drug-likeness (QED) is 0.818. The van der Waals surface area contributed by atoms with Crippen molar-refractivity contribution >= 4 is 5.78 Å². The Bertz CT molecular complexity index is 486. The second-order valence-electron chi connectivity index (χ2n) is 4.40. The van der Waals surface area contributed by atoms with Crippen molar-refractivity contribution in [1.82, 2.24) is 24.6 Å². The summed E-state index contributed by atoms with van der Waals surface area (Å²) >= 11 is 0. The van der Waals surface area contributed by atoms with Crippen molar-refractivity contribution in [2.75, 3.05) is 32.7 Å². The lowest BCUT2D eigenvalue weighted by Gasteiger charge is -2.26. The monoisotopic (exact) mass is 231 g/mol. The molecule has 1 aliphatic heterocycles. The second kappa shape index (κ2) is 4.81. The summed E-state index contributed by atoms with van der Waals surface area (Å²) in [4.78, 5) is 11.2. The standard InChI is InChI=1S/C12H17N5/c1(6-16-8-3-13-4-9-16)11-2-7-17-10-5-14-12(17)15-11/h2,5,7,10,13H,1,3-4,6,8-9H2. The summed E-state index contributed by atoms with van der Waals surface area (Å²) < 4.78 is 1.94. The first kappa shape index (κ1) is 10.7. The molecule has 0 atom stereocenters. The number of imidazole rings is 1. The van der Waals surface area contributed by atoms with Crippen LogP contribution in [0, 0.1) is 0 Å². The molecule has 0 saturated carbocycles. The third-order valence-electron chi connectivity index (χ3n) is 3.21. The molecule has 1 aliphatic rings. The van der Waals surface area contributed by atoms with Crippen LogP contribution in [0.3, 0.4) is 0 Å². The second-order valence-corrected chi connectivity index (χ2v) is 4.40. The van der Waals surface area contributed by atoms with Crippen molar-refractivity contribution < 1.29 is 0 Å². The fourth-order valence-electron chi connectivity index (χ4n) is 2.19. The summed E-state index contributed by atoms with van der Waals surface area (Å²) in [5, 5.41) is 3.36. The highest BCUT2D eigenvalue weighted by atomic mass is 15.2. The number of piperazine rings is 1. The molecule has 90 valence electrons. The van der Waals surface area contributed by atoms with Crippen molar-refractivity contribution in [2.45, 2.75) is 6.42 Å². The zero-order chi connectivity index (χ0) is 11.5. The van der Waals surface area contributed by atoms with Gasteiger partial charge in [-0.25, -0.2) is 9.97 Å². The van der Waals surface area contributed by atoms with E-state index >= 15 is 0 Å². The molecule has 1 saturated heterocycles. The predicted octanol–water partition coefficient (Wildman–Crippen LogP) is 0.177. The summed E-state index contributed by atoms with van der Waals surface area (Å²) in [6.07, 6.45) is 6.73. The molecule has 1 N–H and O–H groups in total. The molecular weight excluding hydrogens is 214 g/mol. The molecule has 0 amide bonds. The first-order valence-corrected chi connectivity index (χ1v) is 6.13. The Hall–Kier alpha value is -1.46. The largest absolute Gasteiger partial charge is 0.314 e. The molecule has 5 nitrogen and oxygen atoms in total. The van der Waals surface area contributed by atoms with Crippen molar-refractivity contribution in [1.29, 1.82) is 0 Å². The van der Waals surface area contributed by atoms with Crippen molar-refractivity contribution in [3.05, 3.63) is 30.4 Å². The Kier molecular flexibility index (Phi) is 3.02. The third kappa shape index (κ3) is 2.45. The van der Waals surface area contributed by atoms with Crippen LogP contribution in [0.15, 0.2) is 24.7 Å². The number of aromatic nitrogens is 3. The molecule has 0 spiro atoms. The van der Waals surface area contributed by atoms with E-state index in [-0.39, 0.29) is 0 Å². The van der Waals surface area contributed by atoms with Gasteiger partial charge >= 0.3 is 0 Å². The van der Waals surface area contributed by atoms with Crippen LogP contribution in [-0.4, -0.2) is 52.0 Å². The molecule has 3 heterocycles. The maximum absolute atomic E-state index is 4.53. The van der Waals surface area contributed by atoms with Crippen molar-refractivity contribution in [3.63, 3.8) is 0 Å². The Morgan fingerprint density at radius 2 is 2.12 bits per heavy atom. The van der Waals surface area contributed by atoms with E-state index in [4.69, 9.17) is 0 Å². The molecular formula is C12H17N5. The van der Waals surface area contributed by atoms with E-state index in [0.29, 0.717) is 0 Å². The van der Waals surface area contributed by atoms with Crippen LogP contribution in [0.5, 0.6) is 0 Å². The highest BCUT2D eigenvalue weighted by molar-refractivity contribution is 5.28. The van der Waals surface area contributed by atoms with Gasteiger partial charge in [0.25, 0.3) is 0 Å². The lowest BCUT2D eigenvalue weighted by Crippen LogP contribution is -2.44. The number of rotatable bonds is 3. The summed E-state index contributed by atoms with van der Waals surface area (Å²) in [5.41, 5.74) is 1.13. The van der Waals surface area contributed by atoms with E-state index in [2.05, 4.69) is 26.3 Å². The maximum Gasteiger partial charge on any atom is 0.233 e. The van der Waals surface area contributed by atoms with Crippen LogP contribution in [-0.2, 0) is 6.42 Å². The molecule has 5 heteroatoms. The fourth-order valence-corrected chi connectivity index (χ4v) is 2.19. The number of hydrogen-bond donors (Lipinski definition) is 1. The average molecular weight is 231 g/mol. The van der Waals surface area contributed by atoms with Gasteiger partial charge in [-0.2, -0.15) is 0 Å². The highest BCUT2D eigenvalue weighted by Crippen LogP contribution is 2.02. The molecule has 0 aromatic carbocycles. The minimum absolute atomic E-state index is 0.794. The van der Waals surface area contributed by atoms with Gasteiger partial charge in [-0.1, -0.05) is 0 Å². The molecule has 0 radical (unpaired) electrons. The van der Waals surface area contributed by atoms with E-state index in [1.807, 2.05) is 16.8 Å². The molecule has 2 aromatic heterocycles. The van der Waals surface area contributed by atoms with Gasteiger partial charge in [0.05, 0.1) is 0 Å². The zero-order valence-corrected chi connectivity index (χ0v) is 9.84. The maximum atomic E-state index is 4.53. The average Bonchev–Trinajstić information content (AvgIpc) is 2.85. The smallest absolute Gasteiger partial charge is 0.233 e. The van der Waals surface area contributed by atoms with Crippen LogP contribution in [0.1, 0.15) is 5.69 Å². The summed E-state index contributed by atoms with van der Waals surface area (Å²) in [5.74, 6) is 0.794. The minimum atomic E-state index is 0.794. The van der Waals surface area contributed by atoms with Gasteiger partial charge in [0.15, 0.2) is 0 Å². The Labute approximate surface area is 100 Å². The summed E-state index contributed by atoms with van der Waals surface area (Å²) in [6.45, 7) is 5.59. The molecule has 3 rings (SSSR count). The SMILES string of the molecule is c1cn2ccc(CCN3CCNCC3)nc2n1. The van der Waals surface area contributed by atoms with Gasteiger partial charge in [0.2, 0.25) is 5.78 Å². The molecule has 1 fully saturated rings. The van der Waals surface area contributed by atoms with Crippen LogP contribution in [0.2, 0.25) is 0 Å². The lowest BCUT2D eigenvalue weighted by atomic mass is 10.2. The van der Waals surface area contributed by atoms with E-state index in [9.17, 15) is 0 Å². The minimum Gasteiger partial charge on any atom is -0.314 e. The van der Waals surface area contributed by atoms with Gasteiger partial charge in [-0.3, -0.25) is 4.40 Å². The van der Waals surface area contributed by atoms with Gasteiger partial charge in [-0.15, -0.1) is 0 Å². The predicted molar refractivity (Wildman–Crippen MR) is 66.0 cm³/mol. The van der Waals surface area contributed by atoms with E-state index in [1.165, 1.54) is 0 Å². The van der Waals surface area contributed by atoms with Crippen LogP contribution >= 0.6 is 0 Å². The Balaban J connectivity index is 1.63. The highest BCUT2D eigenvalue weighted by Gasteiger charge is 2.09. The van der Waals surface area contributed by atoms with Gasteiger partial charge in [0, 0.05) is 63.4 Å². The topological polar surface area (TPSA) is 45.5 Å². The molecule has 0 bridgehead atoms. The number of fused-ring (bicyclic) bond motifs is 1. The number of nitrogens with zero attached hydrogens (tertiary/aromatic N) is 4. The Morgan fingerprint density at radius 3 is 3.00 bits per heavy atom. The first-order chi connectivity index (χ1) is 8.42. The summed E-state index contributed by atoms with van der Waals surface area (Å²) in [6, 6.07) is 2.08. The summed E-state index contributed by atoms with van der Waals surface area (Å²) in [7, 11) is 0. The first-order valence-electron chi connectivity index (χ1n) is 6.13. The number of nitrogens with one attached hydrogen (secondary N) is 1. The normalized spacial score (nSPS) is 17.6. The van der Waals surface area contributed by atoms with Crippen molar-refractivity contribution in [3.8, 4) is 0 Å². The fraction of sp³-hybridized carbons (Fsp3) is 0.500. The molecule has 0 unspecified atom stereocenters. The third-order valence-corrected chi connectivity index (χ3v) is 3.21. The molecule has 0 aliphatic carbocycles. The molecule has 2 aromatic rings. The van der Waals surface area contributed by atoms with Crippen LogP contribution < -0.4 is 5.32 Å². The molecule has 17 heavy (non-hydrogen) atoms. The van der Waals surface area contributed by atoms with Crippen LogP contribution in [0.4, 0.5) is 0 Å². The van der Waals surface area contributed by atoms with Gasteiger partial charge in [0.1, 0.15) is 0 Å². The lowest BCUT2D eigenvalue weighted by molar-refractivity contribution is 0.243. The van der Waals surface area contributed by atoms with Crippen molar-refractivity contribution in [2.24, 2.45) is 0 Å². The zero-order valence-electron chi connectivity index (χ0n) is 9.84. The van der Waals surface area contributed by atoms with E-state index in [1.54, 1.807) is 6.20 Å². The van der Waals surface area contributed by atoms with E-state index in [0.717, 1.165) is 50.6 Å². The Morgan fingerprint density at radius 1 is 1.24 bits per heavy atom. The van der Waals surface area contributed by atoms with Gasteiger partial charge in [-0.05, 0) is 6.07 Å². The van der Waals surface area contributed by atoms with Gasteiger partial charge < -0.3 is 10.2 Å².